The standard InChI is InChI=1S/C25H26N8O/c1-4-31-13-18(11-26-31)14-33-15-19(12-27-33)28-25(34)21-10-24(22-16-32(5-2)30-17(22)3)29-23-9-7-6-8-20(21)23/h6-13,15-16H,4-5,14H2,1-3H3,(H,28,34). The quantitative estimate of drug-likeness (QED) is 0.399. The molecule has 9 nitrogen and oxygen atoms in total. The molecule has 0 aliphatic carbocycles. The average molecular weight is 455 g/mol. The van der Waals surface area contributed by atoms with Gasteiger partial charge in [0.25, 0.3) is 5.91 Å². The number of aryl methyl sites for hydroxylation is 3. The first kappa shape index (κ1) is 21.6. The van der Waals surface area contributed by atoms with Crippen molar-refractivity contribution in [3.63, 3.8) is 0 Å². The number of amides is 1. The van der Waals surface area contributed by atoms with Crippen molar-refractivity contribution in [3.8, 4) is 11.3 Å². The number of carbonyl (C=O) groups excluding carboxylic acids is 1. The predicted molar refractivity (Wildman–Crippen MR) is 131 cm³/mol. The van der Waals surface area contributed by atoms with Crippen molar-refractivity contribution in [2.24, 2.45) is 0 Å². The van der Waals surface area contributed by atoms with Gasteiger partial charge in [-0.2, -0.15) is 15.3 Å². The first-order chi connectivity index (χ1) is 16.5. The van der Waals surface area contributed by atoms with Crippen LogP contribution in [0.15, 0.2) is 61.3 Å². The van der Waals surface area contributed by atoms with E-state index in [0.717, 1.165) is 46.5 Å². The Morgan fingerprint density at radius 1 is 0.971 bits per heavy atom. The van der Waals surface area contributed by atoms with Crippen molar-refractivity contribution in [1.29, 1.82) is 0 Å². The molecule has 0 spiro atoms. The summed E-state index contributed by atoms with van der Waals surface area (Å²) >= 11 is 0. The molecule has 4 aromatic heterocycles. The van der Waals surface area contributed by atoms with Gasteiger partial charge >= 0.3 is 0 Å². The molecule has 34 heavy (non-hydrogen) atoms. The molecule has 1 aromatic carbocycles. The lowest BCUT2D eigenvalue weighted by Crippen LogP contribution is -2.13. The van der Waals surface area contributed by atoms with Gasteiger partial charge in [-0.25, -0.2) is 4.98 Å². The van der Waals surface area contributed by atoms with Crippen LogP contribution in [0.3, 0.4) is 0 Å². The maximum absolute atomic E-state index is 13.4. The molecule has 0 aliphatic rings. The molecular formula is C25H26N8O. The van der Waals surface area contributed by atoms with E-state index in [-0.39, 0.29) is 5.91 Å². The number of aromatic nitrogens is 7. The number of para-hydroxylation sites is 1. The number of pyridine rings is 1. The van der Waals surface area contributed by atoms with E-state index in [1.54, 1.807) is 10.9 Å². The molecule has 0 atom stereocenters. The van der Waals surface area contributed by atoms with E-state index in [1.165, 1.54) is 0 Å². The third-order valence-electron chi connectivity index (χ3n) is 5.75. The number of anilines is 1. The summed E-state index contributed by atoms with van der Waals surface area (Å²) in [4.78, 5) is 18.2. The van der Waals surface area contributed by atoms with Crippen LogP contribution < -0.4 is 5.32 Å². The first-order valence-corrected chi connectivity index (χ1v) is 11.3. The van der Waals surface area contributed by atoms with Crippen molar-refractivity contribution in [2.75, 3.05) is 5.32 Å². The number of rotatable bonds is 7. The molecule has 0 bridgehead atoms. The van der Waals surface area contributed by atoms with E-state index in [1.807, 2.05) is 85.3 Å². The van der Waals surface area contributed by atoms with E-state index in [4.69, 9.17) is 4.98 Å². The van der Waals surface area contributed by atoms with Crippen LogP contribution >= 0.6 is 0 Å². The van der Waals surface area contributed by atoms with Crippen molar-refractivity contribution >= 4 is 22.5 Å². The zero-order valence-corrected chi connectivity index (χ0v) is 19.4. The molecule has 1 amide bonds. The van der Waals surface area contributed by atoms with Crippen LogP contribution in [0.5, 0.6) is 0 Å². The molecule has 9 heteroatoms. The van der Waals surface area contributed by atoms with Gasteiger partial charge in [-0.3, -0.25) is 18.8 Å². The van der Waals surface area contributed by atoms with Gasteiger partial charge in [0.1, 0.15) is 0 Å². The summed E-state index contributed by atoms with van der Waals surface area (Å²) < 4.78 is 5.53. The van der Waals surface area contributed by atoms with Crippen LogP contribution in [0.25, 0.3) is 22.2 Å². The largest absolute Gasteiger partial charge is 0.319 e. The smallest absolute Gasteiger partial charge is 0.256 e. The Labute approximate surface area is 197 Å². The number of nitrogens with zero attached hydrogens (tertiary/aromatic N) is 7. The van der Waals surface area contributed by atoms with Crippen LogP contribution in [0, 0.1) is 6.92 Å². The molecule has 0 fully saturated rings. The molecule has 0 saturated heterocycles. The molecular weight excluding hydrogens is 428 g/mol. The second kappa shape index (κ2) is 8.93. The zero-order chi connectivity index (χ0) is 23.7. The highest BCUT2D eigenvalue weighted by Crippen LogP contribution is 2.27. The summed E-state index contributed by atoms with van der Waals surface area (Å²) in [5.74, 6) is -0.210. The Bertz CT molecular complexity index is 1480. The monoisotopic (exact) mass is 454 g/mol. The van der Waals surface area contributed by atoms with Crippen molar-refractivity contribution in [1.82, 2.24) is 34.3 Å². The third-order valence-corrected chi connectivity index (χ3v) is 5.75. The van der Waals surface area contributed by atoms with Crippen LogP contribution in [0.4, 0.5) is 5.69 Å². The topological polar surface area (TPSA) is 95.5 Å². The molecule has 0 saturated carbocycles. The fourth-order valence-electron chi connectivity index (χ4n) is 3.99. The molecule has 5 aromatic rings. The lowest BCUT2D eigenvalue weighted by Gasteiger charge is -2.09. The van der Waals surface area contributed by atoms with Crippen LogP contribution in [0.1, 0.15) is 35.5 Å². The minimum atomic E-state index is -0.210. The van der Waals surface area contributed by atoms with Gasteiger partial charge in [0.05, 0.1) is 47.1 Å². The number of nitrogens with one attached hydrogen (secondary N) is 1. The van der Waals surface area contributed by atoms with E-state index < -0.39 is 0 Å². The van der Waals surface area contributed by atoms with Crippen molar-refractivity contribution in [3.05, 3.63) is 78.1 Å². The Morgan fingerprint density at radius 3 is 2.53 bits per heavy atom. The highest BCUT2D eigenvalue weighted by molar-refractivity contribution is 6.13. The van der Waals surface area contributed by atoms with E-state index in [2.05, 4.69) is 20.6 Å². The summed E-state index contributed by atoms with van der Waals surface area (Å²) in [5.41, 5.74) is 5.52. The normalized spacial score (nSPS) is 11.3. The maximum atomic E-state index is 13.4. The molecule has 5 rings (SSSR count). The summed E-state index contributed by atoms with van der Waals surface area (Å²) in [7, 11) is 0. The van der Waals surface area contributed by atoms with Gasteiger partial charge in [0.2, 0.25) is 0 Å². The second-order valence-electron chi connectivity index (χ2n) is 8.14. The van der Waals surface area contributed by atoms with Crippen molar-refractivity contribution < 1.29 is 4.79 Å². The van der Waals surface area contributed by atoms with Crippen LogP contribution in [-0.2, 0) is 19.6 Å². The van der Waals surface area contributed by atoms with Crippen LogP contribution in [0.2, 0.25) is 0 Å². The number of benzene rings is 1. The van der Waals surface area contributed by atoms with E-state index in [9.17, 15) is 4.79 Å². The van der Waals surface area contributed by atoms with Gasteiger partial charge in [0, 0.05) is 48.2 Å². The SMILES string of the molecule is CCn1cc(Cn2cc(NC(=O)c3cc(-c4cn(CC)nc4C)nc4ccccc34)cn2)cn1. The Balaban J connectivity index is 1.44. The molecule has 0 aliphatic heterocycles. The highest BCUT2D eigenvalue weighted by atomic mass is 16.1. The highest BCUT2D eigenvalue weighted by Gasteiger charge is 2.17. The van der Waals surface area contributed by atoms with Crippen molar-refractivity contribution in [2.45, 2.75) is 40.4 Å². The Kier molecular flexibility index (Phi) is 5.67. The molecule has 0 unspecified atom stereocenters. The molecule has 172 valence electrons. The molecule has 0 radical (unpaired) electrons. The predicted octanol–water partition coefficient (Wildman–Crippen LogP) is 4.14. The fraction of sp³-hybridized carbons (Fsp3) is 0.240. The lowest BCUT2D eigenvalue weighted by molar-refractivity contribution is 0.102. The Hall–Kier alpha value is -4.27. The van der Waals surface area contributed by atoms with Gasteiger partial charge in [-0.1, -0.05) is 18.2 Å². The minimum absolute atomic E-state index is 0.210. The molecule has 4 heterocycles. The lowest BCUT2D eigenvalue weighted by atomic mass is 10.0. The van der Waals surface area contributed by atoms with Gasteiger partial charge < -0.3 is 5.32 Å². The minimum Gasteiger partial charge on any atom is -0.319 e. The summed E-state index contributed by atoms with van der Waals surface area (Å²) in [6.07, 6.45) is 9.27. The molecule has 1 N–H and O–H groups in total. The third kappa shape index (κ3) is 4.19. The van der Waals surface area contributed by atoms with Gasteiger partial charge in [-0.15, -0.1) is 0 Å². The Morgan fingerprint density at radius 2 is 1.76 bits per heavy atom. The summed E-state index contributed by atoms with van der Waals surface area (Å²) in [6, 6.07) is 9.51. The van der Waals surface area contributed by atoms with Crippen LogP contribution in [-0.4, -0.2) is 40.2 Å². The number of carbonyl (C=O) groups is 1. The number of hydrogen-bond acceptors (Lipinski definition) is 5. The zero-order valence-electron chi connectivity index (χ0n) is 19.4. The summed E-state index contributed by atoms with van der Waals surface area (Å²) in [5, 5.41) is 17.0. The number of hydrogen-bond donors (Lipinski definition) is 1. The second-order valence-corrected chi connectivity index (χ2v) is 8.14. The number of fused-ring (bicyclic) bond motifs is 1. The van der Waals surface area contributed by atoms with Gasteiger partial charge in [-0.05, 0) is 32.9 Å². The first-order valence-electron chi connectivity index (χ1n) is 11.3. The average Bonchev–Trinajstić information content (AvgIpc) is 3.58. The van der Waals surface area contributed by atoms with E-state index >= 15 is 0 Å². The van der Waals surface area contributed by atoms with Gasteiger partial charge in [0.15, 0.2) is 0 Å². The van der Waals surface area contributed by atoms with E-state index in [0.29, 0.717) is 17.8 Å². The fourth-order valence-corrected chi connectivity index (χ4v) is 3.99. The maximum Gasteiger partial charge on any atom is 0.256 e. The summed E-state index contributed by atoms with van der Waals surface area (Å²) in [6.45, 7) is 8.21.